The summed E-state index contributed by atoms with van der Waals surface area (Å²) < 4.78 is 16.2. The second-order valence-electron chi connectivity index (χ2n) is 14.0. The first-order valence-electron chi connectivity index (χ1n) is 17.6. The first kappa shape index (κ1) is 37.9. The van der Waals surface area contributed by atoms with Crippen molar-refractivity contribution in [1.82, 2.24) is 19.9 Å². The number of methoxy groups -OCH3 is 3. The number of ether oxygens (including phenoxy) is 3. The minimum atomic E-state index is -1.20. The van der Waals surface area contributed by atoms with Crippen LogP contribution in [0.2, 0.25) is 0 Å². The number of rotatable bonds is 10. The molecule has 0 radical (unpaired) electrons. The van der Waals surface area contributed by atoms with Crippen LogP contribution in [0, 0.1) is 19.8 Å². The van der Waals surface area contributed by atoms with Crippen LogP contribution in [0.3, 0.4) is 0 Å². The van der Waals surface area contributed by atoms with Crippen molar-refractivity contribution >= 4 is 62.7 Å². The van der Waals surface area contributed by atoms with Gasteiger partial charge >= 0.3 is 23.9 Å². The van der Waals surface area contributed by atoms with Gasteiger partial charge in [0.1, 0.15) is 5.92 Å². The Morgan fingerprint density at radius 2 is 1.43 bits per heavy atom. The van der Waals surface area contributed by atoms with Crippen LogP contribution in [0.15, 0.2) is 42.0 Å². The lowest BCUT2D eigenvalue weighted by Crippen LogP contribution is -2.42. The number of carboxylic acids is 2. The van der Waals surface area contributed by atoms with Crippen LogP contribution < -0.4 is 0 Å². The van der Waals surface area contributed by atoms with Gasteiger partial charge in [-0.1, -0.05) is 12.2 Å². The number of carbonyl (C=O) groups is 4. The van der Waals surface area contributed by atoms with Gasteiger partial charge < -0.3 is 34.4 Å². The molecule has 13 heteroatoms. The number of nitrogens with zero attached hydrogens (tertiary/aromatic N) is 2. The maximum Gasteiger partial charge on any atom is 0.334 e. The molecule has 1 aliphatic carbocycles. The standard InChI is InChI=1S/C41H44N4O9/c1-19-23(10-13-35(46)47)30-17-31-24(11-14-36(48)49)20(2)29(43-31)18-34-41(5)26(12-9-25(39(50)53-7)38(41)40(51)54-8)32(45-34)15-28-21(3)37(22(4)52-6)33(44-28)16-27(19)42-30/h9,12,15-18,22,38,43-44H,10-11,13-14H2,1-8H3,(H,46,47)(H,48,49). The number of aromatic amines is 2. The highest BCUT2D eigenvalue weighted by Crippen LogP contribution is 2.52. The zero-order chi connectivity index (χ0) is 39.2. The van der Waals surface area contributed by atoms with E-state index in [-0.39, 0.29) is 37.4 Å². The number of carboxylic acid groups (broad SMARTS) is 2. The van der Waals surface area contributed by atoms with E-state index in [0.717, 1.165) is 44.4 Å². The van der Waals surface area contributed by atoms with Crippen LogP contribution in [-0.2, 0) is 45.2 Å². The molecule has 0 aromatic carbocycles. The van der Waals surface area contributed by atoms with Crippen LogP contribution in [0.1, 0.15) is 91.2 Å². The summed E-state index contributed by atoms with van der Waals surface area (Å²) in [6.45, 7) is 9.58. The fourth-order valence-electron chi connectivity index (χ4n) is 7.96. The van der Waals surface area contributed by atoms with Gasteiger partial charge in [-0.15, -0.1) is 0 Å². The number of allylic oxidation sites excluding steroid dienone is 5. The number of H-pyrrole nitrogens is 2. The lowest BCUT2D eigenvalue weighted by atomic mass is 9.64. The third-order valence-corrected chi connectivity index (χ3v) is 11.1. The summed E-state index contributed by atoms with van der Waals surface area (Å²) in [7, 11) is 4.16. The van der Waals surface area contributed by atoms with E-state index < -0.39 is 35.2 Å². The van der Waals surface area contributed by atoms with Crippen molar-refractivity contribution in [2.45, 2.75) is 71.8 Å². The summed E-state index contributed by atoms with van der Waals surface area (Å²) in [4.78, 5) is 67.7. The van der Waals surface area contributed by atoms with E-state index in [9.17, 15) is 29.4 Å². The second-order valence-corrected chi connectivity index (χ2v) is 14.0. The van der Waals surface area contributed by atoms with Crippen LogP contribution in [0.4, 0.5) is 0 Å². The van der Waals surface area contributed by atoms with Gasteiger partial charge in [-0.3, -0.25) is 19.4 Å². The molecule has 54 heavy (non-hydrogen) atoms. The van der Waals surface area contributed by atoms with Gasteiger partial charge in [-0.2, -0.15) is 0 Å². The minimum Gasteiger partial charge on any atom is -0.481 e. The third kappa shape index (κ3) is 6.42. The molecule has 3 unspecified atom stereocenters. The summed E-state index contributed by atoms with van der Waals surface area (Å²) in [5, 5.41) is 19.3. The van der Waals surface area contributed by atoms with Gasteiger partial charge in [-0.25, -0.2) is 9.78 Å². The topological polar surface area (TPSA) is 194 Å². The molecule has 0 spiro atoms. The van der Waals surface area contributed by atoms with Crippen molar-refractivity contribution in [3.8, 4) is 0 Å². The van der Waals surface area contributed by atoms with E-state index in [4.69, 9.17) is 24.2 Å². The molecule has 3 atom stereocenters. The second kappa shape index (κ2) is 14.5. The van der Waals surface area contributed by atoms with Crippen LogP contribution in [0.25, 0.3) is 38.8 Å². The number of aliphatic carboxylic acids is 2. The van der Waals surface area contributed by atoms with E-state index in [1.54, 1.807) is 19.3 Å². The summed E-state index contributed by atoms with van der Waals surface area (Å²) in [6, 6.07) is 7.50. The lowest BCUT2D eigenvalue weighted by Gasteiger charge is -2.36. The molecule has 4 N–H and O–H groups in total. The molecule has 0 fully saturated rings. The average Bonchev–Trinajstić information content (AvgIpc) is 3.79. The van der Waals surface area contributed by atoms with E-state index in [0.29, 0.717) is 39.4 Å². The third-order valence-electron chi connectivity index (χ3n) is 11.1. The molecule has 13 nitrogen and oxygen atoms in total. The Hall–Kier alpha value is -5.82. The van der Waals surface area contributed by atoms with Crippen molar-refractivity contribution < 1.29 is 43.6 Å². The van der Waals surface area contributed by atoms with Gasteiger partial charge in [0, 0.05) is 47.6 Å². The van der Waals surface area contributed by atoms with Crippen molar-refractivity contribution in [2.75, 3.05) is 21.3 Å². The highest BCUT2D eigenvalue weighted by Gasteiger charge is 2.53. The molecular weight excluding hydrogens is 692 g/mol. The Morgan fingerprint density at radius 1 is 0.796 bits per heavy atom. The Bertz CT molecular complexity index is 2380. The van der Waals surface area contributed by atoms with E-state index in [2.05, 4.69) is 9.97 Å². The SMILES string of the molecule is COC(=O)C1=CC=C2c3cc4[nH]c(cc5nc(cc6[nH]c(cc(n3)C2(C)C1C(=O)OC)c(C)c6CCC(=O)O)C(CCC(=O)O)=C5C)c(C(C)OC)c4C. The van der Waals surface area contributed by atoms with Crippen molar-refractivity contribution in [3.63, 3.8) is 0 Å². The Kier molecular flexibility index (Phi) is 10.2. The lowest BCUT2D eigenvalue weighted by molar-refractivity contribution is -0.149. The zero-order valence-electron chi connectivity index (χ0n) is 31.6. The largest absolute Gasteiger partial charge is 0.481 e. The highest BCUT2D eigenvalue weighted by atomic mass is 16.5. The fraction of sp³-hybridized carbons (Fsp3) is 0.366. The van der Waals surface area contributed by atoms with Crippen LogP contribution in [0.5, 0.6) is 0 Å². The van der Waals surface area contributed by atoms with E-state index in [1.165, 1.54) is 14.2 Å². The summed E-state index contributed by atoms with van der Waals surface area (Å²) in [5.74, 6) is -4.33. The Balaban J connectivity index is 1.80. The van der Waals surface area contributed by atoms with Crippen LogP contribution in [-0.4, -0.2) is 75.4 Å². The number of fused-ring (bicyclic) bond motifs is 11. The van der Waals surface area contributed by atoms with Gasteiger partial charge in [0.2, 0.25) is 0 Å². The maximum atomic E-state index is 13.7. The molecule has 8 bridgehead atoms. The molecule has 0 saturated heterocycles. The molecule has 3 aromatic rings. The molecule has 2 aliphatic heterocycles. The molecule has 282 valence electrons. The summed E-state index contributed by atoms with van der Waals surface area (Å²) in [5.41, 5.74) is 9.42. The highest BCUT2D eigenvalue weighted by molar-refractivity contribution is 6.02. The van der Waals surface area contributed by atoms with Gasteiger partial charge in [0.25, 0.3) is 0 Å². The maximum absolute atomic E-state index is 13.7. The monoisotopic (exact) mass is 736 g/mol. The van der Waals surface area contributed by atoms with Gasteiger partial charge in [-0.05, 0) is 105 Å². The smallest absolute Gasteiger partial charge is 0.334 e. The number of hydrogen-bond acceptors (Lipinski definition) is 9. The van der Waals surface area contributed by atoms with Crippen LogP contribution >= 0.6 is 0 Å². The number of aromatic nitrogens is 4. The predicted octanol–water partition coefficient (Wildman–Crippen LogP) is 6.70. The van der Waals surface area contributed by atoms with Gasteiger partial charge in [0.05, 0.1) is 54.1 Å². The Morgan fingerprint density at radius 3 is 2.07 bits per heavy atom. The number of nitrogens with one attached hydrogen (secondary N) is 2. The van der Waals surface area contributed by atoms with Crippen molar-refractivity contribution in [2.24, 2.45) is 5.92 Å². The Labute approximate surface area is 311 Å². The normalized spacial score (nSPS) is 18.4. The van der Waals surface area contributed by atoms with Crippen molar-refractivity contribution in [3.05, 3.63) is 87.0 Å². The molecular formula is C41H44N4O9. The molecule has 5 heterocycles. The summed E-state index contributed by atoms with van der Waals surface area (Å²) >= 11 is 0. The molecule has 3 aliphatic rings. The first-order valence-corrected chi connectivity index (χ1v) is 17.6. The van der Waals surface area contributed by atoms with Gasteiger partial charge in [0.15, 0.2) is 0 Å². The van der Waals surface area contributed by atoms with E-state index in [1.807, 2.05) is 58.9 Å². The predicted molar refractivity (Wildman–Crippen MR) is 202 cm³/mol. The minimum absolute atomic E-state index is 0.107. The number of aryl methyl sites for hydroxylation is 3. The van der Waals surface area contributed by atoms with Crippen molar-refractivity contribution in [1.29, 1.82) is 0 Å². The molecule has 0 saturated carbocycles. The number of esters is 2. The first-order chi connectivity index (χ1) is 25.6. The number of hydrogen-bond donors (Lipinski definition) is 4. The molecule has 6 rings (SSSR count). The molecule has 0 amide bonds. The number of carbonyl (C=O) groups excluding carboxylic acids is 2. The van der Waals surface area contributed by atoms with E-state index >= 15 is 0 Å². The fourth-order valence-corrected chi connectivity index (χ4v) is 7.96. The quantitative estimate of drug-likeness (QED) is 0.162. The average molecular weight is 737 g/mol. The molecule has 3 aromatic heterocycles. The summed E-state index contributed by atoms with van der Waals surface area (Å²) in [6.07, 6.45) is 3.23. The zero-order valence-corrected chi connectivity index (χ0v) is 31.6.